The Balaban J connectivity index is 3.51. The number of carbonyl (C=O) groups excluding carboxylic acids is 1. The van der Waals surface area contributed by atoms with E-state index in [9.17, 15) is 9.59 Å². The molecule has 0 radical (unpaired) electrons. The number of carbonyl (C=O) groups is 2. The molecule has 14 heavy (non-hydrogen) atoms. The van der Waals surface area contributed by atoms with Gasteiger partial charge in [0.25, 0.3) is 0 Å². The van der Waals surface area contributed by atoms with Crippen molar-refractivity contribution in [3.05, 3.63) is 41.5 Å². The Bertz CT molecular complexity index is 410. The maximum absolute atomic E-state index is 10.9. The second-order valence-corrected chi connectivity index (χ2v) is 2.64. The van der Waals surface area contributed by atoms with Crippen LogP contribution >= 0.6 is 0 Å². The Kier molecular flexibility index (Phi) is 2.67. The number of benzene rings is 1. The maximum Gasteiger partial charge on any atom is 0.337 e. The van der Waals surface area contributed by atoms with Crippen LogP contribution in [0.4, 0.5) is 0 Å². The molecule has 3 N–H and O–H groups in total. The van der Waals surface area contributed by atoms with Crippen molar-refractivity contribution in [2.45, 2.75) is 0 Å². The Morgan fingerprint density at radius 1 is 1.43 bits per heavy atom. The fourth-order valence-electron chi connectivity index (χ4n) is 1.18. The minimum Gasteiger partial charge on any atom is -0.478 e. The summed E-state index contributed by atoms with van der Waals surface area (Å²) in [5.41, 5.74) is 5.32. The fourth-order valence-corrected chi connectivity index (χ4v) is 1.18. The lowest BCUT2D eigenvalue weighted by atomic mass is 10.0. The number of aromatic carboxylic acids is 1. The van der Waals surface area contributed by atoms with Gasteiger partial charge in [-0.3, -0.25) is 4.79 Å². The molecule has 4 nitrogen and oxygen atoms in total. The van der Waals surface area contributed by atoms with E-state index in [1.807, 2.05) is 0 Å². The van der Waals surface area contributed by atoms with Crippen LogP contribution in [0.25, 0.3) is 6.08 Å². The summed E-state index contributed by atoms with van der Waals surface area (Å²) in [6.45, 7) is 3.46. The van der Waals surface area contributed by atoms with Crippen molar-refractivity contribution < 1.29 is 14.7 Å². The summed E-state index contributed by atoms with van der Waals surface area (Å²) in [6, 6.07) is 4.49. The molecule has 0 spiro atoms. The average molecular weight is 191 g/mol. The first-order valence-electron chi connectivity index (χ1n) is 3.86. The molecule has 72 valence electrons. The van der Waals surface area contributed by atoms with E-state index in [2.05, 4.69) is 6.58 Å². The molecule has 1 aromatic rings. The van der Waals surface area contributed by atoms with Gasteiger partial charge in [-0.15, -0.1) is 0 Å². The molecule has 0 aliphatic carbocycles. The zero-order valence-corrected chi connectivity index (χ0v) is 7.36. The average Bonchev–Trinajstić information content (AvgIpc) is 2.16. The SMILES string of the molecule is C=Cc1cccc(C(N)=O)c1C(=O)O. The largest absolute Gasteiger partial charge is 0.478 e. The molecule has 0 atom stereocenters. The minimum absolute atomic E-state index is 0.00472. The molecule has 0 aliphatic rings. The van der Waals surface area contributed by atoms with Gasteiger partial charge >= 0.3 is 5.97 Å². The van der Waals surface area contributed by atoms with Crippen molar-refractivity contribution in [3.63, 3.8) is 0 Å². The van der Waals surface area contributed by atoms with Crippen LogP contribution in [-0.4, -0.2) is 17.0 Å². The molecule has 0 aromatic heterocycles. The molecule has 4 heteroatoms. The molecule has 0 unspecified atom stereocenters. The van der Waals surface area contributed by atoms with Gasteiger partial charge in [0.05, 0.1) is 11.1 Å². The minimum atomic E-state index is -1.19. The highest BCUT2D eigenvalue weighted by Crippen LogP contribution is 2.15. The predicted molar refractivity (Wildman–Crippen MR) is 52.0 cm³/mol. The molecule has 0 bridgehead atoms. The molecular weight excluding hydrogens is 182 g/mol. The summed E-state index contributed by atoms with van der Waals surface area (Å²) < 4.78 is 0. The quantitative estimate of drug-likeness (QED) is 0.751. The van der Waals surface area contributed by atoms with Crippen molar-refractivity contribution in [1.29, 1.82) is 0 Å². The number of amides is 1. The Morgan fingerprint density at radius 3 is 2.50 bits per heavy atom. The van der Waals surface area contributed by atoms with Gasteiger partial charge in [0.2, 0.25) is 5.91 Å². The van der Waals surface area contributed by atoms with Crippen LogP contribution in [0, 0.1) is 0 Å². The standard InChI is InChI=1S/C10H9NO3/c1-2-6-4-3-5-7(9(11)12)8(6)10(13)14/h2-5H,1H2,(H2,11,12)(H,13,14). The van der Waals surface area contributed by atoms with Crippen LogP contribution in [0.3, 0.4) is 0 Å². The Hall–Kier alpha value is -2.10. The molecule has 1 rings (SSSR count). The lowest BCUT2D eigenvalue weighted by Gasteiger charge is -2.05. The summed E-state index contributed by atoms with van der Waals surface area (Å²) >= 11 is 0. The third-order valence-corrected chi connectivity index (χ3v) is 1.80. The van der Waals surface area contributed by atoms with Crippen molar-refractivity contribution in [2.24, 2.45) is 5.73 Å². The zero-order valence-electron chi connectivity index (χ0n) is 7.36. The monoisotopic (exact) mass is 191 g/mol. The molecule has 0 heterocycles. The van der Waals surface area contributed by atoms with Crippen LogP contribution in [0.1, 0.15) is 26.3 Å². The number of primary amides is 1. The van der Waals surface area contributed by atoms with Gasteiger partial charge in [0.15, 0.2) is 0 Å². The van der Waals surface area contributed by atoms with E-state index in [0.29, 0.717) is 5.56 Å². The summed E-state index contributed by atoms with van der Waals surface area (Å²) in [7, 11) is 0. The lowest BCUT2D eigenvalue weighted by Crippen LogP contribution is -2.17. The van der Waals surface area contributed by atoms with Gasteiger partial charge < -0.3 is 10.8 Å². The van der Waals surface area contributed by atoms with Gasteiger partial charge in [-0.25, -0.2) is 4.79 Å². The first-order chi connectivity index (χ1) is 6.57. The third kappa shape index (κ3) is 1.64. The van der Waals surface area contributed by atoms with Gasteiger partial charge in [0, 0.05) is 0 Å². The van der Waals surface area contributed by atoms with Crippen molar-refractivity contribution in [2.75, 3.05) is 0 Å². The number of carboxylic acid groups (broad SMARTS) is 1. The van der Waals surface area contributed by atoms with Crippen LogP contribution in [-0.2, 0) is 0 Å². The Labute approximate surface area is 80.7 Å². The van der Waals surface area contributed by atoms with Crippen molar-refractivity contribution in [3.8, 4) is 0 Å². The topological polar surface area (TPSA) is 80.4 Å². The fraction of sp³-hybridized carbons (Fsp3) is 0. The molecular formula is C10H9NO3. The maximum atomic E-state index is 10.9. The molecule has 0 fully saturated rings. The van der Waals surface area contributed by atoms with E-state index in [1.54, 1.807) is 12.1 Å². The van der Waals surface area contributed by atoms with E-state index in [4.69, 9.17) is 10.8 Å². The molecule has 0 saturated carbocycles. The van der Waals surface area contributed by atoms with E-state index >= 15 is 0 Å². The smallest absolute Gasteiger partial charge is 0.337 e. The van der Waals surface area contributed by atoms with Gasteiger partial charge in [-0.05, 0) is 11.6 Å². The van der Waals surface area contributed by atoms with Crippen LogP contribution in [0.2, 0.25) is 0 Å². The summed E-state index contributed by atoms with van der Waals surface area (Å²) in [5, 5.41) is 8.87. The number of hydrogen-bond donors (Lipinski definition) is 2. The van der Waals surface area contributed by atoms with E-state index in [1.165, 1.54) is 12.1 Å². The number of nitrogens with two attached hydrogens (primary N) is 1. The van der Waals surface area contributed by atoms with Crippen LogP contribution in [0.15, 0.2) is 24.8 Å². The van der Waals surface area contributed by atoms with E-state index < -0.39 is 11.9 Å². The molecule has 1 amide bonds. The van der Waals surface area contributed by atoms with Crippen LogP contribution < -0.4 is 5.73 Å². The Morgan fingerprint density at radius 2 is 2.07 bits per heavy atom. The summed E-state index contributed by atoms with van der Waals surface area (Å²) in [5.74, 6) is -1.94. The van der Waals surface area contributed by atoms with Crippen LogP contribution in [0.5, 0.6) is 0 Å². The molecule has 1 aromatic carbocycles. The third-order valence-electron chi connectivity index (χ3n) is 1.80. The first-order valence-corrected chi connectivity index (χ1v) is 3.86. The number of hydrogen-bond acceptors (Lipinski definition) is 2. The lowest BCUT2D eigenvalue weighted by molar-refractivity contribution is 0.0692. The highest BCUT2D eigenvalue weighted by atomic mass is 16.4. The van der Waals surface area contributed by atoms with Gasteiger partial charge in [-0.1, -0.05) is 24.8 Å². The summed E-state index contributed by atoms with van der Waals surface area (Å²) in [4.78, 5) is 21.8. The second-order valence-electron chi connectivity index (χ2n) is 2.64. The van der Waals surface area contributed by atoms with Crippen molar-refractivity contribution in [1.82, 2.24) is 0 Å². The van der Waals surface area contributed by atoms with Gasteiger partial charge in [-0.2, -0.15) is 0 Å². The second kappa shape index (κ2) is 3.74. The highest BCUT2D eigenvalue weighted by Gasteiger charge is 2.16. The van der Waals surface area contributed by atoms with Gasteiger partial charge in [0.1, 0.15) is 0 Å². The van der Waals surface area contributed by atoms with Crippen molar-refractivity contribution >= 4 is 18.0 Å². The summed E-state index contributed by atoms with van der Waals surface area (Å²) in [6.07, 6.45) is 1.37. The van der Waals surface area contributed by atoms with E-state index in [-0.39, 0.29) is 11.1 Å². The highest BCUT2D eigenvalue weighted by molar-refractivity contribution is 6.06. The normalized spacial score (nSPS) is 9.43. The zero-order chi connectivity index (χ0) is 10.7. The molecule has 0 aliphatic heterocycles. The predicted octanol–water partition coefficient (Wildman–Crippen LogP) is 1.13. The molecule has 0 saturated heterocycles. The van der Waals surface area contributed by atoms with E-state index in [0.717, 1.165) is 0 Å². The number of rotatable bonds is 3. The first kappa shape index (κ1) is 9.98. The number of carboxylic acids is 1.